The minimum Gasteiger partial charge on any atom is -0.490 e. The molecule has 0 saturated carbocycles. The number of rotatable bonds is 8. The number of alkyl halides is 3. The van der Waals surface area contributed by atoms with E-state index in [0.29, 0.717) is 30.3 Å². The Bertz CT molecular complexity index is 882. The largest absolute Gasteiger partial charge is 0.490 e. The first-order valence-corrected chi connectivity index (χ1v) is 9.79. The van der Waals surface area contributed by atoms with Gasteiger partial charge >= 0.3 is 6.18 Å². The lowest BCUT2D eigenvalue weighted by atomic mass is 10.1. The maximum absolute atomic E-state index is 13.0. The SMILES string of the molecule is CCCOc1ccc(/C=C/C(=O)Nc2ccc(Br)c(C(F)(F)F)c2)cc1OCC. The molecule has 0 saturated heterocycles. The zero-order valence-electron chi connectivity index (χ0n) is 16.0. The Hall–Kier alpha value is -2.48. The van der Waals surface area contributed by atoms with E-state index in [2.05, 4.69) is 21.2 Å². The highest BCUT2D eigenvalue weighted by Crippen LogP contribution is 2.36. The van der Waals surface area contributed by atoms with E-state index in [1.807, 2.05) is 13.8 Å². The second-order valence-electron chi connectivity index (χ2n) is 6.00. The van der Waals surface area contributed by atoms with Crippen molar-refractivity contribution in [3.63, 3.8) is 0 Å². The third-order valence-corrected chi connectivity index (χ3v) is 4.39. The van der Waals surface area contributed by atoms with E-state index < -0.39 is 17.6 Å². The average Bonchev–Trinajstić information content (AvgIpc) is 2.66. The molecule has 1 N–H and O–H groups in total. The van der Waals surface area contributed by atoms with Gasteiger partial charge < -0.3 is 14.8 Å². The van der Waals surface area contributed by atoms with Crippen LogP contribution >= 0.6 is 15.9 Å². The van der Waals surface area contributed by atoms with Crippen molar-refractivity contribution >= 4 is 33.6 Å². The van der Waals surface area contributed by atoms with Crippen LogP contribution < -0.4 is 14.8 Å². The molecule has 1 amide bonds. The first-order valence-electron chi connectivity index (χ1n) is 9.00. The molecule has 0 aliphatic heterocycles. The first-order chi connectivity index (χ1) is 13.7. The second kappa shape index (κ2) is 10.3. The van der Waals surface area contributed by atoms with Crippen LogP contribution in [0.1, 0.15) is 31.4 Å². The molecule has 8 heteroatoms. The van der Waals surface area contributed by atoms with E-state index in [1.54, 1.807) is 24.3 Å². The Labute approximate surface area is 175 Å². The van der Waals surface area contributed by atoms with Crippen molar-refractivity contribution in [1.29, 1.82) is 0 Å². The van der Waals surface area contributed by atoms with Crippen molar-refractivity contribution in [2.45, 2.75) is 26.4 Å². The third kappa shape index (κ3) is 6.81. The van der Waals surface area contributed by atoms with E-state index in [0.717, 1.165) is 12.5 Å². The molecule has 0 aliphatic rings. The predicted molar refractivity (Wildman–Crippen MR) is 110 cm³/mol. The van der Waals surface area contributed by atoms with Gasteiger partial charge in [0.05, 0.1) is 18.8 Å². The van der Waals surface area contributed by atoms with Crippen molar-refractivity contribution in [1.82, 2.24) is 0 Å². The number of carbonyl (C=O) groups is 1. The van der Waals surface area contributed by atoms with Gasteiger partial charge in [0.25, 0.3) is 0 Å². The normalized spacial score (nSPS) is 11.5. The number of nitrogens with one attached hydrogen (secondary N) is 1. The molecule has 0 radical (unpaired) electrons. The molecule has 2 rings (SSSR count). The first kappa shape index (κ1) is 22.8. The summed E-state index contributed by atoms with van der Waals surface area (Å²) in [5, 5.41) is 2.43. The van der Waals surface area contributed by atoms with Crippen molar-refractivity contribution < 1.29 is 27.4 Å². The molecule has 0 spiro atoms. The van der Waals surface area contributed by atoms with Crippen LogP contribution in [-0.4, -0.2) is 19.1 Å². The van der Waals surface area contributed by atoms with Crippen molar-refractivity contribution in [3.8, 4) is 11.5 Å². The number of hydrogen-bond donors (Lipinski definition) is 1. The Morgan fingerprint density at radius 3 is 2.52 bits per heavy atom. The molecule has 0 unspecified atom stereocenters. The fourth-order valence-corrected chi connectivity index (χ4v) is 2.88. The summed E-state index contributed by atoms with van der Waals surface area (Å²) < 4.78 is 50.0. The summed E-state index contributed by atoms with van der Waals surface area (Å²) in [7, 11) is 0. The van der Waals surface area contributed by atoms with Crippen LogP contribution in [0, 0.1) is 0 Å². The minimum atomic E-state index is -4.52. The van der Waals surface area contributed by atoms with Crippen LogP contribution in [0.25, 0.3) is 6.08 Å². The fourth-order valence-electron chi connectivity index (χ4n) is 2.40. The third-order valence-electron chi connectivity index (χ3n) is 3.70. The Kier molecular flexibility index (Phi) is 8.13. The van der Waals surface area contributed by atoms with Gasteiger partial charge in [0, 0.05) is 16.2 Å². The van der Waals surface area contributed by atoms with E-state index in [-0.39, 0.29) is 10.2 Å². The van der Waals surface area contributed by atoms with Gasteiger partial charge in [-0.3, -0.25) is 4.79 Å². The number of ether oxygens (including phenoxy) is 2. The van der Waals surface area contributed by atoms with Crippen LogP contribution in [0.2, 0.25) is 0 Å². The van der Waals surface area contributed by atoms with Crippen molar-refractivity contribution in [3.05, 3.63) is 58.1 Å². The van der Waals surface area contributed by atoms with Crippen LogP contribution in [-0.2, 0) is 11.0 Å². The Morgan fingerprint density at radius 2 is 1.86 bits per heavy atom. The summed E-state index contributed by atoms with van der Waals surface area (Å²) in [5.41, 5.74) is -0.115. The van der Waals surface area contributed by atoms with Crippen LogP contribution in [0.15, 0.2) is 46.9 Å². The lowest BCUT2D eigenvalue weighted by molar-refractivity contribution is -0.138. The van der Waals surface area contributed by atoms with E-state index in [9.17, 15) is 18.0 Å². The molecular weight excluding hydrogens is 451 g/mol. The summed E-state index contributed by atoms with van der Waals surface area (Å²) in [6.45, 7) is 4.87. The number of benzene rings is 2. The monoisotopic (exact) mass is 471 g/mol. The second-order valence-corrected chi connectivity index (χ2v) is 6.86. The molecule has 29 heavy (non-hydrogen) atoms. The molecule has 2 aromatic rings. The number of carbonyl (C=O) groups excluding carboxylic acids is 1. The van der Waals surface area contributed by atoms with E-state index in [1.165, 1.54) is 18.2 Å². The average molecular weight is 472 g/mol. The Morgan fingerprint density at radius 1 is 1.10 bits per heavy atom. The zero-order chi connectivity index (χ0) is 21.4. The van der Waals surface area contributed by atoms with Gasteiger partial charge in [-0.05, 0) is 55.3 Å². The summed E-state index contributed by atoms with van der Waals surface area (Å²) >= 11 is 2.87. The molecule has 0 heterocycles. The van der Waals surface area contributed by atoms with Crippen molar-refractivity contribution in [2.75, 3.05) is 18.5 Å². The maximum Gasteiger partial charge on any atom is 0.417 e. The number of amides is 1. The molecule has 0 aliphatic carbocycles. The highest BCUT2D eigenvalue weighted by atomic mass is 79.9. The standard InChI is InChI=1S/C21H21BrF3NO3/c1-3-11-29-18-9-5-14(12-19(18)28-4-2)6-10-20(27)26-15-7-8-17(22)16(13-15)21(23,24)25/h5-10,12-13H,3-4,11H2,1-2H3,(H,26,27)/b10-6+. The van der Waals surface area contributed by atoms with Crippen LogP contribution in [0.3, 0.4) is 0 Å². The quantitative estimate of drug-likeness (QED) is 0.459. The maximum atomic E-state index is 13.0. The van der Waals surface area contributed by atoms with Crippen LogP contribution in [0.5, 0.6) is 11.5 Å². The molecule has 0 bridgehead atoms. The summed E-state index contributed by atoms with van der Waals surface area (Å²) in [6, 6.07) is 8.76. The highest BCUT2D eigenvalue weighted by Gasteiger charge is 2.33. The Balaban J connectivity index is 2.11. The van der Waals surface area contributed by atoms with E-state index >= 15 is 0 Å². The molecule has 2 aromatic carbocycles. The van der Waals surface area contributed by atoms with Crippen LogP contribution in [0.4, 0.5) is 18.9 Å². The lowest BCUT2D eigenvalue weighted by Crippen LogP contribution is -2.11. The molecule has 156 valence electrons. The van der Waals surface area contributed by atoms with Gasteiger partial charge in [-0.2, -0.15) is 13.2 Å². The summed E-state index contributed by atoms with van der Waals surface area (Å²) in [5.74, 6) is 0.626. The number of anilines is 1. The van der Waals surface area contributed by atoms with Gasteiger partial charge in [0.2, 0.25) is 5.91 Å². The van der Waals surface area contributed by atoms with Gasteiger partial charge in [0.1, 0.15) is 0 Å². The molecule has 0 atom stereocenters. The zero-order valence-corrected chi connectivity index (χ0v) is 17.6. The molecule has 0 fully saturated rings. The van der Waals surface area contributed by atoms with Gasteiger partial charge in [-0.1, -0.05) is 28.9 Å². The molecule has 0 aromatic heterocycles. The summed E-state index contributed by atoms with van der Waals surface area (Å²) in [6.07, 6.45) is -0.871. The van der Waals surface area contributed by atoms with Gasteiger partial charge in [-0.25, -0.2) is 0 Å². The lowest BCUT2D eigenvalue weighted by Gasteiger charge is -2.12. The fraction of sp³-hybridized carbons (Fsp3) is 0.286. The highest BCUT2D eigenvalue weighted by molar-refractivity contribution is 9.10. The smallest absolute Gasteiger partial charge is 0.417 e. The molecule has 4 nitrogen and oxygen atoms in total. The van der Waals surface area contributed by atoms with E-state index in [4.69, 9.17) is 9.47 Å². The number of halogens is 4. The number of hydrogen-bond acceptors (Lipinski definition) is 3. The topological polar surface area (TPSA) is 47.6 Å². The van der Waals surface area contributed by atoms with Gasteiger partial charge in [0.15, 0.2) is 11.5 Å². The minimum absolute atomic E-state index is 0.0495. The van der Waals surface area contributed by atoms with Gasteiger partial charge in [-0.15, -0.1) is 0 Å². The molecular formula is C21H21BrF3NO3. The van der Waals surface area contributed by atoms with Crippen molar-refractivity contribution in [2.24, 2.45) is 0 Å². The summed E-state index contributed by atoms with van der Waals surface area (Å²) in [4.78, 5) is 12.1. The predicted octanol–water partition coefficient (Wildman–Crippen LogP) is 6.31.